The number of nitriles is 1. The van der Waals surface area contributed by atoms with Crippen LogP contribution in [0.25, 0.3) is 0 Å². The van der Waals surface area contributed by atoms with E-state index in [-0.39, 0.29) is 5.69 Å². The van der Waals surface area contributed by atoms with Gasteiger partial charge in [-0.15, -0.1) is 0 Å². The molecule has 1 heterocycles. The van der Waals surface area contributed by atoms with Gasteiger partial charge in [-0.1, -0.05) is 51.8 Å². The maximum absolute atomic E-state index is 12.0. The van der Waals surface area contributed by atoms with Crippen LogP contribution in [0.1, 0.15) is 23.4 Å². The minimum Gasteiger partial charge on any atom is -0.771 e. The van der Waals surface area contributed by atoms with Gasteiger partial charge in [-0.3, -0.25) is 4.98 Å². The second-order valence-electron chi connectivity index (χ2n) is 3.45. The molecule has 0 N–H and O–H groups in total. The molecule has 0 spiro atoms. The highest BCUT2D eigenvalue weighted by Crippen LogP contribution is 2.40. The zero-order chi connectivity index (χ0) is 13.9. The predicted octanol–water partition coefficient (Wildman–Crippen LogP) is 3.02. The molecule has 1 aromatic heterocycles. The van der Waals surface area contributed by atoms with Crippen LogP contribution in [0.3, 0.4) is 0 Å². The minimum absolute atomic E-state index is 0.224. The lowest BCUT2D eigenvalue weighted by Gasteiger charge is -2.23. The quantitative estimate of drug-likeness (QED) is 0.363. The maximum Gasteiger partial charge on any atom is 0.464 e. The SMILES string of the molecule is CC(c1cccnc1C(Cl)(Cl)Cl)S([O-])=[N+](C)C#N. The Morgan fingerprint density at radius 3 is 2.67 bits per heavy atom. The van der Waals surface area contributed by atoms with Crippen molar-refractivity contribution in [2.75, 3.05) is 7.05 Å². The van der Waals surface area contributed by atoms with Gasteiger partial charge < -0.3 is 4.55 Å². The summed E-state index contributed by atoms with van der Waals surface area (Å²) in [4.78, 5) is 4.01. The molecular formula is C10H10Cl3N3OS. The third kappa shape index (κ3) is 3.56. The molecule has 0 aliphatic rings. The van der Waals surface area contributed by atoms with E-state index in [0.717, 1.165) is 3.95 Å². The predicted molar refractivity (Wildman–Crippen MR) is 71.8 cm³/mol. The van der Waals surface area contributed by atoms with Gasteiger partial charge in [-0.25, -0.2) is 0 Å². The third-order valence-corrected chi connectivity index (χ3v) is 4.28. The first kappa shape index (κ1) is 15.7. The molecule has 8 heteroatoms. The van der Waals surface area contributed by atoms with Crippen molar-refractivity contribution in [1.82, 2.24) is 4.98 Å². The van der Waals surface area contributed by atoms with Crippen molar-refractivity contribution in [3.05, 3.63) is 29.6 Å². The fourth-order valence-corrected chi connectivity index (χ4v) is 2.80. The van der Waals surface area contributed by atoms with Gasteiger partial charge in [0.2, 0.25) is 3.79 Å². The van der Waals surface area contributed by atoms with Crippen molar-refractivity contribution in [3.8, 4) is 6.19 Å². The number of pyridine rings is 1. The van der Waals surface area contributed by atoms with Crippen LogP contribution in [0.2, 0.25) is 0 Å². The summed E-state index contributed by atoms with van der Waals surface area (Å²) >= 11 is 17.5. The number of rotatable bonds is 2. The summed E-state index contributed by atoms with van der Waals surface area (Å²) in [5, 5.41) is 8.21. The molecule has 1 rings (SSSR count). The molecule has 98 valence electrons. The summed E-state index contributed by atoms with van der Waals surface area (Å²) in [6, 6.07) is 3.34. The molecule has 0 aliphatic carbocycles. The molecule has 1 aromatic rings. The second-order valence-corrected chi connectivity index (χ2v) is 7.54. The van der Waals surface area contributed by atoms with Crippen LogP contribution in [-0.4, -0.2) is 20.5 Å². The van der Waals surface area contributed by atoms with Crippen molar-refractivity contribution in [2.45, 2.75) is 16.0 Å². The molecule has 0 bridgehead atoms. The molecule has 0 saturated heterocycles. The lowest BCUT2D eigenvalue weighted by Crippen LogP contribution is -2.16. The molecule has 18 heavy (non-hydrogen) atoms. The smallest absolute Gasteiger partial charge is 0.464 e. The van der Waals surface area contributed by atoms with E-state index in [0.29, 0.717) is 5.56 Å². The minimum atomic E-state index is -1.69. The molecule has 0 fully saturated rings. The first-order valence-corrected chi connectivity index (χ1v) is 7.15. The van der Waals surface area contributed by atoms with Crippen LogP contribution in [0.15, 0.2) is 18.3 Å². The second kappa shape index (κ2) is 6.18. The molecule has 4 nitrogen and oxygen atoms in total. The highest BCUT2D eigenvalue weighted by Gasteiger charge is 2.29. The number of alkyl halides is 3. The van der Waals surface area contributed by atoms with Gasteiger partial charge in [0.15, 0.2) is 5.26 Å². The van der Waals surface area contributed by atoms with Gasteiger partial charge in [0, 0.05) is 11.4 Å². The number of halogens is 3. The van der Waals surface area contributed by atoms with E-state index in [2.05, 4.69) is 4.98 Å². The van der Waals surface area contributed by atoms with Crippen molar-refractivity contribution in [1.29, 1.82) is 5.26 Å². The summed E-state index contributed by atoms with van der Waals surface area (Å²) in [6.45, 7) is 1.68. The fraction of sp³-hybridized carbons (Fsp3) is 0.400. The van der Waals surface area contributed by atoms with Gasteiger partial charge in [0.1, 0.15) is 0 Å². The molecule has 0 aliphatic heterocycles. The zero-order valence-electron chi connectivity index (χ0n) is 9.60. The van der Waals surface area contributed by atoms with Crippen LogP contribution in [-0.2, 0) is 14.8 Å². The summed E-state index contributed by atoms with van der Waals surface area (Å²) in [7, 11) is -0.121. The average molecular weight is 327 g/mol. The normalized spacial score (nSPS) is 15.7. The molecular weight excluding hydrogens is 317 g/mol. The van der Waals surface area contributed by atoms with Crippen LogP contribution in [0.4, 0.5) is 0 Å². The summed E-state index contributed by atoms with van der Waals surface area (Å²) in [5.41, 5.74) is 0.764. The molecule has 2 atom stereocenters. The Morgan fingerprint density at radius 1 is 1.56 bits per heavy atom. The van der Waals surface area contributed by atoms with Crippen LogP contribution < -0.4 is 0 Å². The zero-order valence-corrected chi connectivity index (χ0v) is 12.7. The van der Waals surface area contributed by atoms with Gasteiger partial charge in [0.05, 0.1) is 12.7 Å². The average Bonchev–Trinajstić information content (AvgIpc) is 2.35. The Hall–Kier alpha value is -0.380. The summed E-state index contributed by atoms with van der Waals surface area (Å²) in [6.07, 6.45) is 3.28. The molecule has 0 aromatic carbocycles. The lowest BCUT2D eigenvalue weighted by molar-refractivity contribution is -0.379. The van der Waals surface area contributed by atoms with Crippen molar-refractivity contribution in [3.63, 3.8) is 0 Å². The molecule has 0 saturated carbocycles. The van der Waals surface area contributed by atoms with Gasteiger partial charge in [-0.2, -0.15) is 3.95 Å². The number of hydrogen-bond acceptors (Lipinski definition) is 3. The maximum atomic E-state index is 12.0. The van der Waals surface area contributed by atoms with Crippen molar-refractivity contribution in [2.24, 2.45) is 0 Å². The Balaban J connectivity index is 3.32. The Labute approximate surface area is 123 Å². The molecule has 0 radical (unpaired) electrons. The molecule has 0 amide bonds. The standard InChI is InChI=1S/C10H10Cl3N3OS/c1-7(18(17)16(2)6-14)8-4-3-5-15-9(8)10(11,12)13/h3-5,7H,1-2H3. The van der Waals surface area contributed by atoms with E-state index >= 15 is 0 Å². The van der Waals surface area contributed by atoms with Gasteiger partial charge >= 0.3 is 6.19 Å². The first-order chi connectivity index (χ1) is 8.29. The monoisotopic (exact) mass is 325 g/mol. The highest BCUT2D eigenvalue weighted by molar-refractivity contribution is 7.79. The number of hydrogen-bond donors (Lipinski definition) is 0. The van der Waals surface area contributed by atoms with Crippen LogP contribution in [0, 0.1) is 11.5 Å². The van der Waals surface area contributed by atoms with Crippen molar-refractivity contribution < 1.29 is 8.50 Å². The first-order valence-electron chi connectivity index (χ1n) is 4.85. The number of aromatic nitrogens is 1. The van der Waals surface area contributed by atoms with Crippen LogP contribution in [0.5, 0.6) is 0 Å². The van der Waals surface area contributed by atoms with Crippen molar-refractivity contribution >= 4 is 45.8 Å². The fourth-order valence-electron chi connectivity index (χ4n) is 1.37. The summed E-state index contributed by atoms with van der Waals surface area (Å²) in [5.74, 6) is 0. The van der Waals surface area contributed by atoms with E-state index in [1.807, 2.05) is 0 Å². The van der Waals surface area contributed by atoms with Gasteiger partial charge in [0.25, 0.3) is 0 Å². The lowest BCUT2D eigenvalue weighted by atomic mass is 10.1. The van der Waals surface area contributed by atoms with E-state index in [1.54, 1.807) is 25.2 Å². The van der Waals surface area contributed by atoms with Gasteiger partial charge in [-0.05, 0) is 18.6 Å². The van der Waals surface area contributed by atoms with E-state index in [1.165, 1.54) is 13.2 Å². The van der Waals surface area contributed by atoms with E-state index in [4.69, 9.17) is 40.1 Å². The van der Waals surface area contributed by atoms with E-state index in [9.17, 15) is 4.55 Å². The van der Waals surface area contributed by atoms with E-state index < -0.39 is 20.0 Å². The number of nitrogens with zero attached hydrogens (tertiary/aromatic N) is 3. The topological polar surface area (TPSA) is 62.8 Å². The highest BCUT2D eigenvalue weighted by atomic mass is 35.6. The van der Waals surface area contributed by atoms with Crippen LogP contribution >= 0.6 is 34.8 Å². The third-order valence-electron chi connectivity index (χ3n) is 2.26. The Kier molecular flexibility index (Phi) is 5.38. The Morgan fingerprint density at radius 2 is 2.17 bits per heavy atom. The summed E-state index contributed by atoms with van der Waals surface area (Å²) < 4.78 is 11.4. The Bertz CT molecular complexity index is 522. The molecule has 2 unspecified atom stereocenters. The largest absolute Gasteiger partial charge is 0.771 e.